The van der Waals surface area contributed by atoms with Crippen LogP contribution in [-0.2, 0) is 4.79 Å². The summed E-state index contributed by atoms with van der Waals surface area (Å²) < 4.78 is 0. The van der Waals surface area contributed by atoms with Crippen molar-refractivity contribution in [1.29, 1.82) is 0 Å². The predicted octanol–water partition coefficient (Wildman–Crippen LogP) is 3.10. The van der Waals surface area contributed by atoms with E-state index in [1.807, 2.05) is 19.9 Å². The fourth-order valence-corrected chi connectivity index (χ4v) is 2.44. The zero-order valence-electron chi connectivity index (χ0n) is 14.8. The van der Waals surface area contributed by atoms with Crippen molar-refractivity contribution in [1.82, 2.24) is 4.98 Å². The van der Waals surface area contributed by atoms with E-state index in [9.17, 15) is 9.59 Å². The van der Waals surface area contributed by atoms with E-state index in [0.29, 0.717) is 23.4 Å². The summed E-state index contributed by atoms with van der Waals surface area (Å²) in [4.78, 5) is 28.5. The molecular formula is C19H24N4O2. The van der Waals surface area contributed by atoms with Crippen LogP contribution in [0.15, 0.2) is 42.7 Å². The first kappa shape index (κ1) is 18.6. The van der Waals surface area contributed by atoms with Crippen LogP contribution in [0.1, 0.15) is 42.6 Å². The minimum atomic E-state index is -0.930. The summed E-state index contributed by atoms with van der Waals surface area (Å²) in [5.41, 5.74) is 7.76. The van der Waals surface area contributed by atoms with Gasteiger partial charge in [0.2, 0.25) is 5.91 Å². The number of aromatic nitrogens is 1. The molecule has 6 heteroatoms. The van der Waals surface area contributed by atoms with Gasteiger partial charge in [0.15, 0.2) is 0 Å². The summed E-state index contributed by atoms with van der Waals surface area (Å²) in [6.45, 7) is 5.58. The van der Waals surface area contributed by atoms with E-state index in [0.717, 1.165) is 12.0 Å². The van der Waals surface area contributed by atoms with Gasteiger partial charge in [0, 0.05) is 29.3 Å². The molecule has 0 saturated heterocycles. The van der Waals surface area contributed by atoms with Crippen LogP contribution in [0.4, 0.5) is 11.4 Å². The first-order chi connectivity index (χ1) is 11.8. The Morgan fingerprint density at radius 3 is 2.48 bits per heavy atom. The molecule has 0 aliphatic rings. The molecule has 1 atom stereocenters. The number of amides is 2. The summed E-state index contributed by atoms with van der Waals surface area (Å²) in [5.74, 6) is -0.478. The lowest BCUT2D eigenvalue weighted by atomic mass is 9.96. The number of hydrogen-bond acceptors (Lipinski definition) is 4. The van der Waals surface area contributed by atoms with Gasteiger partial charge in [0.1, 0.15) is 0 Å². The van der Waals surface area contributed by atoms with Crippen molar-refractivity contribution in [3.05, 3.63) is 53.9 Å². The molecule has 2 aromatic rings. The van der Waals surface area contributed by atoms with Crippen LogP contribution in [0.3, 0.4) is 0 Å². The Kier molecular flexibility index (Phi) is 5.88. The molecular weight excluding hydrogens is 316 g/mol. The first-order valence-corrected chi connectivity index (χ1v) is 8.26. The average Bonchev–Trinajstić information content (AvgIpc) is 2.58. The van der Waals surface area contributed by atoms with Crippen LogP contribution in [-0.4, -0.2) is 22.3 Å². The molecule has 2 amide bonds. The number of nitrogens with zero attached hydrogens (tertiary/aromatic N) is 1. The normalized spacial score (nSPS) is 13.0. The summed E-state index contributed by atoms with van der Waals surface area (Å²) in [6, 6.07) is 8.64. The number of rotatable bonds is 6. The zero-order chi connectivity index (χ0) is 18.4. The molecule has 0 fully saturated rings. The molecule has 6 nitrogen and oxygen atoms in total. The second-order valence-electron chi connectivity index (χ2n) is 6.34. The SMILES string of the molecule is CCCC(C)(N)C(=O)Nc1ccc(C)c(NC(=O)c2ccncc2)c1. The topological polar surface area (TPSA) is 97.1 Å². The number of pyridine rings is 1. The number of carbonyl (C=O) groups excluding carboxylic acids is 2. The summed E-state index contributed by atoms with van der Waals surface area (Å²) in [7, 11) is 0. The Bertz CT molecular complexity index is 757. The highest BCUT2D eigenvalue weighted by molar-refractivity contribution is 6.05. The Morgan fingerprint density at radius 2 is 1.84 bits per heavy atom. The predicted molar refractivity (Wildman–Crippen MR) is 99.5 cm³/mol. The van der Waals surface area contributed by atoms with Crippen molar-refractivity contribution < 1.29 is 9.59 Å². The van der Waals surface area contributed by atoms with Gasteiger partial charge in [0.05, 0.1) is 5.54 Å². The van der Waals surface area contributed by atoms with Crippen molar-refractivity contribution in [3.8, 4) is 0 Å². The van der Waals surface area contributed by atoms with E-state index in [-0.39, 0.29) is 11.8 Å². The van der Waals surface area contributed by atoms with E-state index in [4.69, 9.17) is 5.73 Å². The minimum Gasteiger partial charge on any atom is -0.324 e. The fraction of sp³-hybridized carbons (Fsp3) is 0.316. The van der Waals surface area contributed by atoms with E-state index >= 15 is 0 Å². The summed E-state index contributed by atoms with van der Waals surface area (Å²) in [5, 5.41) is 5.68. The lowest BCUT2D eigenvalue weighted by Gasteiger charge is -2.23. The van der Waals surface area contributed by atoms with Gasteiger partial charge < -0.3 is 16.4 Å². The third kappa shape index (κ3) is 4.87. The van der Waals surface area contributed by atoms with Crippen LogP contribution < -0.4 is 16.4 Å². The van der Waals surface area contributed by atoms with Crippen molar-refractivity contribution in [3.63, 3.8) is 0 Å². The monoisotopic (exact) mass is 340 g/mol. The van der Waals surface area contributed by atoms with Crippen LogP contribution in [0.2, 0.25) is 0 Å². The standard InChI is InChI=1S/C19H24N4O2/c1-4-9-19(3,20)18(25)22-15-6-5-13(2)16(12-15)23-17(24)14-7-10-21-11-8-14/h5-8,10-12H,4,9,20H2,1-3H3,(H,22,25)(H,23,24). The van der Waals surface area contributed by atoms with E-state index in [1.54, 1.807) is 43.6 Å². The Hall–Kier alpha value is -2.73. The maximum absolute atomic E-state index is 12.3. The fourth-order valence-electron chi connectivity index (χ4n) is 2.44. The zero-order valence-corrected chi connectivity index (χ0v) is 14.8. The minimum absolute atomic E-state index is 0.233. The van der Waals surface area contributed by atoms with E-state index < -0.39 is 5.54 Å². The molecule has 1 unspecified atom stereocenters. The number of nitrogens with two attached hydrogens (primary N) is 1. The molecule has 1 aromatic heterocycles. The van der Waals surface area contributed by atoms with Crippen LogP contribution >= 0.6 is 0 Å². The van der Waals surface area contributed by atoms with Gasteiger partial charge in [-0.2, -0.15) is 0 Å². The van der Waals surface area contributed by atoms with Crippen molar-refractivity contribution >= 4 is 23.2 Å². The molecule has 0 aliphatic carbocycles. The van der Waals surface area contributed by atoms with Gasteiger partial charge in [-0.3, -0.25) is 14.6 Å². The van der Waals surface area contributed by atoms with Crippen molar-refractivity contribution in [2.75, 3.05) is 10.6 Å². The van der Waals surface area contributed by atoms with E-state index in [1.165, 1.54) is 0 Å². The largest absolute Gasteiger partial charge is 0.324 e. The van der Waals surface area contributed by atoms with Gasteiger partial charge in [-0.15, -0.1) is 0 Å². The molecule has 25 heavy (non-hydrogen) atoms. The van der Waals surface area contributed by atoms with Gasteiger partial charge in [-0.25, -0.2) is 0 Å². The number of nitrogens with one attached hydrogen (secondary N) is 2. The number of hydrogen-bond donors (Lipinski definition) is 3. The smallest absolute Gasteiger partial charge is 0.255 e. The highest BCUT2D eigenvalue weighted by Crippen LogP contribution is 2.22. The number of carbonyl (C=O) groups is 2. The van der Waals surface area contributed by atoms with E-state index in [2.05, 4.69) is 15.6 Å². The highest BCUT2D eigenvalue weighted by Gasteiger charge is 2.27. The Labute approximate surface area is 147 Å². The van der Waals surface area contributed by atoms with Gasteiger partial charge >= 0.3 is 0 Å². The maximum Gasteiger partial charge on any atom is 0.255 e. The Balaban J connectivity index is 2.15. The van der Waals surface area contributed by atoms with Crippen LogP contribution in [0, 0.1) is 6.92 Å². The molecule has 1 aromatic carbocycles. The molecule has 2 rings (SSSR count). The van der Waals surface area contributed by atoms with Crippen molar-refractivity contribution in [2.24, 2.45) is 5.73 Å². The lowest BCUT2D eigenvalue weighted by Crippen LogP contribution is -2.48. The van der Waals surface area contributed by atoms with Crippen LogP contribution in [0.25, 0.3) is 0 Å². The number of aryl methyl sites for hydroxylation is 1. The second kappa shape index (κ2) is 7.90. The van der Waals surface area contributed by atoms with Gasteiger partial charge in [-0.1, -0.05) is 19.4 Å². The highest BCUT2D eigenvalue weighted by atomic mass is 16.2. The average molecular weight is 340 g/mol. The van der Waals surface area contributed by atoms with Gasteiger partial charge in [0.25, 0.3) is 5.91 Å². The molecule has 1 heterocycles. The molecule has 0 saturated carbocycles. The molecule has 132 valence electrons. The molecule has 4 N–H and O–H groups in total. The number of anilines is 2. The Morgan fingerprint density at radius 1 is 1.16 bits per heavy atom. The summed E-state index contributed by atoms with van der Waals surface area (Å²) >= 11 is 0. The third-order valence-corrected chi connectivity index (χ3v) is 3.97. The molecule has 0 spiro atoms. The molecule has 0 bridgehead atoms. The van der Waals surface area contributed by atoms with Crippen molar-refractivity contribution in [2.45, 2.75) is 39.2 Å². The molecule has 0 radical (unpaired) electrons. The van der Waals surface area contributed by atoms with Gasteiger partial charge in [-0.05, 0) is 50.1 Å². The maximum atomic E-state index is 12.3. The first-order valence-electron chi connectivity index (χ1n) is 8.26. The third-order valence-electron chi connectivity index (χ3n) is 3.97. The second-order valence-corrected chi connectivity index (χ2v) is 6.34. The quantitative estimate of drug-likeness (QED) is 0.752. The lowest BCUT2D eigenvalue weighted by molar-refractivity contribution is -0.120. The summed E-state index contributed by atoms with van der Waals surface area (Å²) in [6.07, 6.45) is 4.54. The van der Waals surface area contributed by atoms with Crippen LogP contribution in [0.5, 0.6) is 0 Å². The molecule has 0 aliphatic heterocycles. The number of benzene rings is 1.